The smallest absolute Gasteiger partial charge is 0.264 e. The summed E-state index contributed by atoms with van der Waals surface area (Å²) in [5.74, 6) is -0.909. The molecule has 0 radical (unpaired) electrons. The molecule has 0 heterocycles. The molecule has 0 saturated carbocycles. The minimum absolute atomic E-state index is 0.0268. The van der Waals surface area contributed by atoms with Crippen LogP contribution in [0.5, 0.6) is 0 Å². The van der Waals surface area contributed by atoms with Crippen molar-refractivity contribution < 1.29 is 21.2 Å². The van der Waals surface area contributed by atoms with Crippen molar-refractivity contribution in [3.8, 4) is 0 Å². The summed E-state index contributed by atoms with van der Waals surface area (Å²) in [4.78, 5) is -0.672. The van der Waals surface area contributed by atoms with Crippen molar-refractivity contribution in [1.29, 1.82) is 0 Å². The van der Waals surface area contributed by atoms with E-state index in [0.717, 1.165) is 6.07 Å². The Kier molecular flexibility index (Phi) is 6.07. The topological polar surface area (TPSA) is 92.3 Å². The van der Waals surface area contributed by atoms with Gasteiger partial charge in [-0.2, -0.15) is 0 Å². The zero-order valence-electron chi connectivity index (χ0n) is 16.0. The molecule has 0 aromatic heterocycles. The summed E-state index contributed by atoms with van der Waals surface area (Å²) in [6.45, 7) is 3.20. The lowest BCUT2D eigenvalue weighted by Gasteiger charge is -2.14. The van der Waals surface area contributed by atoms with Crippen LogP contribution < -0.4 is 9.44 Å². The summed E-state index contributed by atoms with van der Waals surface area (Å²) in [7, 11) is -8.34. The van der Waals surface area contributed by atoms with E-state index in [2.05, 4.69) is 9.44 Å². The molecular formula is C20H18ClFN2O4S2. The third-order valence-electron chi connectivity index (χ3n) is 4.22. The molecule has 0 saturated heterocycles. The zero-order valence-corrected chi connectivity index (χ0v) is 18.4. The van der Waals surface area contributed by atoms with Gasteiger partial charge in [-0.15, -0.1) is 0 Å². The Balaban J connectivity index is 1.97. The summed E-state index contributed by atoms with van der Waals surface area (Å²) in [6.07, 6.45) is 0. The van der Waals surface area contributed by atoms with Crippen LogP contribution >= 0.6 is 11.6 Å². The number of halogens is 2. The molecule has 158 valence electrons. The van der Waals surface area contributed by atoms with Crippen LogP contribution in [0.25, 0.3) is 0 Å². The molecule has 0 aliphatic heterocycles. The Morgan fingerprint density at radius 2 is 1.47 bits per heavy atom. The fourth-order valence-electron chi connectivity index (χ4n) is 2.72. The molecule has 30 heavy (non-hydrogen) atoms. The van der Waals surface area contributed by atoms with Gasteiger partial charge in [0.15, 0.2) is 0 Å². The highest BCUT2D eigenvalue weighted by Crippen LogP contribution is 2.28. The standard InChI is InChI=1S/C20H18ClFN2O4S2/c1-13-7-10-17(22)20(11-13)30(27,28)23-15-9-8-14(2)19(12-15)29(25,26)24-18-6-4-3-5-16(18)21/h3-12,23-24H,1-2H3. The van der Waals surface area contributed by atoms with Crippen LogP contribution in [0, 0.1) is 19.7 Å². The molecule has 0 atom stereocenters. The number of rotatable bonds is 6. The number of aryl methyl sites for hydroxylation is 2. The van der Waals surface area contributed by atoms with Gasteiger partial charge in [0.1, 0.15) is 10.7 Å². The predicted molar refractivity (Wildman–Crippen MR) is 115 cm³/mol. The van der Waals surface area contributed by atoms with E-state index >= 15 is 0 Å². The lowest BCUT2D eigenvalue weighted by molar-refractivity contribution is 0.569. The van der Waals surface area contributed by atoms with Crippen molar-refractivity contribution in [1.82, 2.24) is 0 Å². The summed E-state index contributed by atoms with van der Waals surface area (Å²) in [5, 5.41) is 0.213. The minimum atomic E-state index is -4.27. The summed E-state index contributed by atoms with van der Waals surface area (Å²) in [5.41, 5.74) is 1.11. The van der Waals surface area contributed by atoms with Crippen LogP contribution in [0.4, 0.5) is 15.8 Å². The predicted octanol–water partition coefficient (Wildman–Crippen LogP) is 4.70. The Hall–Kier alpha value is -2.62. The molecule has 0 bridgehead atoms. The van der Waals surface area contributed by atoms with E-state index in [9.17, 15) is 21.2 Å². The van der Waals surface area contributed by atoms with Gasteiger partial charge in [-0.05, 0) is 61.4 Å². The second kappa shape index (κ2) is 8.25. The Labute approximate surface area is 179 Å². The highest BCUT2D eigenvalue weighted by atomic mass is 35.5. The van der Waals surface area contributed by atoms with E-state index in [1.54, 1.807) is 26.0 Å². The lowest BCUT2D eigenvalue weighted by Crippen LogP contribution is -2.17. The Morgan fingerprint density at radius 1 is 0.800 bits per heavy atom. The molecule has 0 aliphatic carbocycles. The summed E-state index contributed by atoms with van der Waals surface area (Å²) < 4.78 is 69.6. The second-order valence-electron chi connectivity index (χ2n) is 6.60. The average molecular weight is 469 g/mol. The molecule has 0 spiro atoms. The number of nitrogens with one attached hydrogen (secondary N) is 2. The van der Waals surface area contributed by atoms with Crippen LogP contribution in [0.1, 0.15) is 11.1 Å². The van der Waals surface area contributed by atoms with Gasteiger partial charge in [0.05, 0.1) is 21.3 Å². The van der Waals surface area contributed by atoms with Crippen LogP contribution in [0.3, 0.4) is 0 Å². The zero-order chi connectivity index (χ0) is 22.1. The normalized spacial score (nSPS) is 11.9. The maximum absolute atomic E-state index is 14.0. The quantitative estimate of drug-likeness (QED) is 0.548. The number of sulfonamides is 2. The van der Waals surface area contributed by atoms with Gasteiger partial charge in [-0.25, -0.2) is 21.2 Å². The van der Waals surface area contributed by atoms with Crippen LogP contribution in [-0.4, -0.2) is 16.8 Å². The first-order valence-corrected chi connectivity index (χ1v) is 12.0. The summed E-state index contributed by atoms with van der Waals surface area (Å²) in [6, 6.07) is 14.0. The second-order valence-corrected chi connectivity index (χ2v) is 10.3. The maximum Gasteiger partial charge on any atom is 0.264 e. The van der Waals surface area contributed by atoms with Gasteiger partial charge >= 0.3 is 0 Å². The average Bonchev–Trinajstić information content (AvgIpc) is 2.66. The highest BCUT2D eigenvalue weighted by Gasteiger charge is 2.22. The van der Waals surface area contributed by atoms with Crippen molar-refractivity contribution >= 4 is 43.0 Å². The first-order valence-electron chi connectivity index (χ1n) is 8.66. The summed E-state index contributed by atoms with van der Waals surface area (Å²) >= 11 is 6.02. The molecule has 0 fully saturated rings. The number of anilines is 2. The number of hydrogen-bond donors (Lipinski definition) is 2. The van der Waals surface area contributed by atoms with E-state index in [1.807, 2.05) is 0 Å². The van der Waals surface area contributed by atoms with E-state index in [4.69, 9.17) is 11.6 Å². The first kappa shape index (κ1) is 22.1. The van der Waals surface area contributed by atoms with Crippen molar-refractivity contribution in [3.05, 3.63) is 82.6 Å². The van der Waals surface area contributed by atoms with Gasteiger partial charge in [0, 0.05) is 0 Å². The van der Waals surface area contributed by atoms with Crippen LogP contribution in [0.2, 0.25) is 5.02 Å². The molecule has 0 aliphatic rings. The molecule has 3 aromatic rings. The minimum Gasteiger partial charge on any atom is -0.279 e. The van der Waals surface area contributed by atoms with E-state index in [1.165, 1.54) is 42.5 Å². The van der Waals surface area contributed by atoms with Gasteiger partial charge in [-0.1, -0.05) is 35.9 Å². The molecular weight excluding hydrogens is 451 g/mol. The molecule has 10 heteroatoms. The van der Waals surface area contributed by atoms with Crippen molar-refractivity contribution in [3.63, 3.8) is 0 Å². The Morgan fingerprint density at radius 3 is 2.17 bits per heavy atom. The molecule has 2 N–H and O–H groups in total. The van der Waals surface area contributed by atoms with E-state index in [0.29, 0.717) is 11.1 Å². The molecule has 0 amide bonds. The maximum atomic E-state index is 14.0. The number of benzene rings is 3. The number of hydrogen-bond acceptors (Lipinski definition) is 4. The Bertz CT molecular complexity index is 1330. The third-order valence-corrected chi connectivity index (χ3v) is 7.46. The van der Waals surface area contributed by atoms with Crippen molar-refractivity contribution in [2.45, 2.75) is 23.6 Å². The van der Waals surface area contributed by atoms with Crippen molar-refractivity contribution in [2.75, 3.05) is 9.44 Å². The largest absolute Gasteiger partial charge is 0.279 e. The van der Waals surface area contributed by atoms with Gasteiger partial charge < -0.3 is 0 Å². The fraction of sp³-hybridized carbons (Fsp3) is 0.100. The number of para-hydroxylation sites is 1. The highest BCUT2D eigenvalue weighted by molar-refractivity contribution is 7.93. The molecule has 3 aromatic carbocycles. The molecule has 3 rings (SSSR count). The monoisotopic (exact) mass is 468 g/mol. The van der Waals surface area contributed by atoms with Crippen LogP contribution in [-0.2, 0) is 20.0 Å². The SMILES string of the molecule is Cc1ccc(F)c(S(=O)(=O)Nc2ccc(C)c(S(=O)(=O)Nc3ccccc3Cl)c2)c1. The van der Waals surface area contributed by atoms with Gasteiger partial charge in [-0.3, -0.25) is 9.44 Å². The molecule has 6 nitrogen and oxygen atoms in total. The first-order chi connectivity index (χ1) is 14.0. The van der Waals surface area contributed by atoms with E-state index < -0.39 is 30.8 Å². The van der Waals surface area contributed by atoms with E-state index in [-0.39, 0.29) is 21.3 Å². The fourth-order valence-corrected chi connectivity index (χ4v) is 5.53. The van der Waals surface area contributed by atoms with Gasteiger partial charge in [0.2, 0.25) is 0 Å². The third kappa shape index (κ3) is 4.75. The van der Waals surface area contributed by atoms with Crippen molar-refractivity contribution in [2.24, 2.45) is 0 Å². The van der Waals surface area contributed by atoms with Gasteiger partial charge in [0.25, 0.3) is 20.0 Å². The van der Waals surface area contributed by atoms with Crippen LogP contribution in [0.15, 0.2) is 70.5 Å². The lowest BCUT2D eigenvalue weighted by atomic mass is 10.2. The molecule has 0 unspecified atom stereocenters.